The number of benzene rings is 1. The number of thioether (sulfide) groups is 1. The number of halogens is 1. The standard InChI is InChI=1S/C21H20ClN5OS2/c1-4-10-27-19(14-6-8-15(22)9-7-14)24-26-21(27)29-12-18-23-25-20(28-18)17-11-13(3)16(5-2)30-17/h4,6-9,11H,1,5,10,12H2,2-3H3. The molecule has 30 heavy (non-hydrogen) atoms. The van der Waals surface area contributed by atoms with E-state index < -0.39 is 0 Å². The predicted molar refractivity (Wildman–Crippen MR) is 122 cm³/mol. The number of aromatic nitrogens is 5. The van der Waals surface area contributed by atoms with Gasteiger partial charge in [-0.3, -0.25) is 4.57 Å². The van der Waals surface area contributed by atoms with E-state index in [1.165, 1.54) is 22.2 Å². The van der Waals surface area contributed by atoms with E-state index in [0.717, 1.165) is 27.8 Å². The topological polar surface area (TPSA) is 69.6 Å². The Labute approximate surface area is 188 Å². The van der Waals surface area contributed by atoms with E-state index in [0.29, 0.717) is 29.1 Å². The molecule has 1 aromatic carbocycles. The maximum absolute atomic E-state index is 6.00. The smallest absolute Gasteiger partial charge is 0.257 e. The van der Waals surface area contributed by atoms with E-state index in [4.69, 9.17) is 16.0 Å². The van der Waals surface area contributed by atoms with Gasteiger partial charge in [-0.25, -0.2) is 0 Å². The Morgan fingerprint density at radius 2 is 2.00 bits per heavy atom. The normalized spacial score (nSPS) is 11.2. The lowest BCUT2D eigenvalue weighted by Gasteiger charge is -2.07. The Kier molecular flexibility index (Phi) is 6.36. The molecule has 9 heteroatoms. The van der Waals surface area contributed by atoms with Crippen molar-refractivity contribution < 1.29 is 4.42 Å². The second-order valence-corrected chi connectivity index (χ2v) is 9.09. The van der Waals surface area contributed by atoms with Crippen molar-refractivity contribution in [1.82, 2.24) is 25.0 Å². The minimum absolute atomic E-state index is 0.508. The van der Waals surface area contributed by atoms with E-state index in [9.17, 15) is 0 Å². The number of aryl methyl sites for hydroxylation is 2. The first kappa shape index (κ1) is 20.8. The highest BCUT2D eigenvalue weighted by Crippen LogP contribution is 2.32. The summed E-state index contributed by atoms with van der Waals surface area (Å²) in [6.45, 7) is 8.70. The molecular formula is C21H20ClN5OS2. The van der Waals surface area contributed by atoms with Crippen molar-refractivity contribution in [3.63, 3.8) is 0 Å². The molecule has 0 aliphatic heterocycles. The number of allylic oxidation sites excluding steroid dienone is 1. The zero-order chi connectivity index (χ0) is 21.1. The van der Waals surface area contributed by atoms with Crippen LogP contribution in [0, 0.1) is 6.92 Å². The largest absolute Gasteiger partial charge is 0.419 e. The highest BCUT2D eigenvalue weighted by atomic mass is 35.5. The van der Waals surface area contributed by atoms with Gasteiger partial charge in [0.1, 0.15) is 0 Å². The number of rotatable bonds is 8. The van der Waals surface area contributed by atoms with Gasteiger partial charge < -0.3 is 4.42 Å². The lowest BCUT2D eigenvalue weighted by Crippen LogP contribution is -2.00. The van der Waals surface area contributed by atoms with Gasteiger partial charge in [0.25, 0.3) is 5.89 Å². The fraction of sp³-hybridized carbons (Fsp3) is 0.238. The zero-order valence-corrected chi connectivity index (χ0v) is 19.0. The Morgan fingerprint density at radius 3 is 2.70 bits per heavy atom. The van der Waals surface area contributed by atoms with Crippen molar-refractivity contribution in [2.24, 2.45) is 0 Å². The summed E-state index contributed by atoms with van der Waals surface area (Å²) in [5.41, 5.74) is 2.21. The Balaban J connectivity index is 1.52. The first-order valence-electron chi connectivity index (χ1n) is 9.44. The molecule has 0 aliphatic rings. The second kappa shape index (κ2) is 9.16. The van der Waals surface area contributed by atoms with Gasteiger partial charge >= 0.3 is 0 Å². The highest BCUT2D eigenvalue weighted by Gasteiger charge is 2.17. The first-order chi connectivity index (χ1) is 14.6. The van der Waals surface area contributed by atoms with Gasteiger partial charge in [-0.15, -0.1) is 38.3 Å². The van der Waals surface area contributed by atoms with Crippen LogP contribution in [0.25, 0.3) is 22.2 Å². The van der Waals surface area contributed by atoms with Crippen molar-refractivity contribution in [2.45, 2.75) is 37.7 Å². The molecule has 0 fully saturated rings. The van der Waals surface area contributed by atoms with Crippen LogP contribution in [-0.4, -0.2) is 25.0 Å². The van der Waals surface area contributed by atoms with Gasteiger partial charge in [-0.05, 0) is 49.2 Å². The highest BCUT2D eigenvalue weighted by molar-refractivity contribution is 7.98. The maximum Gasteiger partial charge on any atom is 0.257 e. The molecular weight excluding hydrogens is 438 g/mol. The van der Waals surface area contributed by atoms with Gasteiger partial charge in [-0.1, -0.05) is 36.4 Å². The summed E-state index contributed by atoms with van der Waals surface area (Å²) in [5.74, 6) is 2.39. The van der Waals surface area contributed by atoms with Crippen LogP contribution >= 0.6 is 34.7 Å². The first-order valence-corrected chi connectivity index (χ1v) is 11.6. The molecule has 0 spiro atoms. The van der Waals surface area contributed by atoms with E-state index >= 15 is 0 Å². The molecule has 4 aromatic rings. The second-order valence-electron chi connectivity index (χ2n) is 6.57. The molecule has 6 nitrogen and oxygen atoms in total. The third-order valence-corrected chi connectivity index (χ3v) is 7.05. The van der Waals surface area contributed by atoms with Gasteiger partial charge in [0.05, 0.1) is 10.6 Å². The fourth-order valence-electron chi connectivity index (χ4n) is 3.02. The van der Waals surface area contributed by atoms with E-state index in [1.807, 2.05) is 34.9 Å². The molecule has 0 radical (unpaired) electrons. The number of nitrogens with zero attached hydrogens (tertiary/aromatic N) is 5. The predicted octanol–water partition coefficient (Wildman–Crippen LogP) is 6.06. The minimum Gasteiger partial charge on any atom is -0.419 e. The van der Waals surface area contributed by atoms with Crippen LogP contribution in [-0.2, 0) is 18.7 Å². The molecule has 154 valence electrons. The van der Waals surface area contributed by atoms with Crippen molar-refractivity contribution in [2.75, 3.05) is 0 Å². The molecule has 0 unspecified atom stereocenters. The SMILES string of the molecule is C=CCn1c(SCc2nnc(-c3cc(C)c(CC)s3)o2)nnc1-c1ccc(Cl)cc1. The van der Waals surface area contributed by atoms with Gasteiger partial charge in [-0.2, -0.15) is 0 Å². The Bertz CT molecular complexity index is 1160. The molecule has 0 atom stereocenters. The molecule has 0 bridgehead atoms. The lowest BCUT2D eigenvalue weighted by atomic mass is 10.2. The summed E-state index contributed by atoms with van der Waals surface area (Å²) < 4.78 is 7.89. The molecule has 0 aliphatic carbocycles. The lowest BCUT2D eigenvalue weighted by molar-refractivity contribution is 0.529. The van der Waals surface area contributed by atoms with Crippen molar-refractivity contribution in [3.8, 4) is 22.2 Å². The Hall–Kier alpha value is -2.42. The zero-order valence-electron chi connectivity index (χ0n) is 16.6. The minimum atomic E-state index is 0.508. The maximum atomic E-state index is 6.00. The van der Waals surface area contributed by atoms with Crippen molar-refractivity contribution in [1.29, 1.82) is 0 Å². The van der Waals surface area contributed by atoms with Crippen LogP contribution in [0.15, 0.2) is 52.6 Å². The summed E-state index contributed by atoms with van der Waals surface area (Å²) in [6, 6.07) is 9.64. The van der Waals surface area contributed by atoms with E-state index in [1.54, 1.807) is 11.3 Å². The van der Waals surface area contributed by atoms with Crippen molar-refractivity contribution in [3.05, 3.63) is 64.3 Å². The third-order valence-electron chi connectivity index (χ3n) is 4.48. The molecule has 4 rings (SSSR count). The summed E-state index contributed by atoms with van der Waals surface area (Å²) in [5, 5.41) is 18.6. The average molecular weight is 458 g/mol. The molecule has 3 heterocycles. The summed E-state index contributed by atoms with van der Waals surface area (Å²) >= 11 is 9.21. The van der Waals surface area contributed by atoms with Crippen LogP contribution in [0.4, 0.5) is 0 Å². The molecule has 0 saturated carbocycles. The number of hydrogen-bond acceptors (Lipinski definition) is 7. The van der Waals surface area contributed by atoms with Gasteiger partial charge in [0.2, 0.25) is 5.89 Å². The van der Waals surface area contributed by atoms with E-state index in [2.05, 4.69) is 46.9 Å². The molecule has 0 saturated heterocycles. The average Bonchev–Trinajstić information content (AvgIpc) is 3.46. The quantitative estimate of drug-likeness (QED) is 0.236. The van der Waals surface area contributed by atoms with Crippen LogP contribution in [0.3, 0.4) is 0 Å². The Morgan fingerprint density at radius 1 is 1.20 bits per heavy atom. The van der Waals surface area contributed by atoms with Crippen LogP contribution in [0.5, 0.6) is 0 Å². The van der Waals surface area contributed by atoms with Crippen molar-refractivity contribution >= 4 is 34.7 Å². The number of hydrogen-bond donors (Lipinski definition) is 0. The molecule has 3 aromatic heterocycles. The van der Waals surface area contributed by atoms with Crippen LogP contribution in [0.2, 0.25) is 5.02 Å². The third kappa shape index (κ3) is 4.35. The summed E-state index contributed by atoms with van der Waals surface area (Å²) in [4.78, 5) is 2.35. The van der Waals surface area contributed by atoms with Crippen LogP contribution < -0.4 is 0 Å². The fourth-order valence-corrected chi connectivity index (χ4v) is 4.96. The molecule has 0 amide bonds. The summed E-state index contributed by atoms with van der Waals surface area (Å²) in [7, 11) is 0. The van der Waals surface area contributed by atoms with Gasteiger partial charge in [0.15, 0.2) is 11.0 Å². The summed E-state index contributed by atoms with van der Waals surface area (Å²) in [6.07, 6.45) is 2.82. The van der Waals surface area contributed by atoms with Gasteiger partial charge in [0, 0.05) is 22.0 Å². The number of thiophene rings is 1. The van der Waals surface area contributed by atoms with Crippen LogP contribution in [0.1, 0.15) is 23.3 Å². The van der Waals surface area contributed by atoms with E-state index in [-0.39, 0.29) is 0 Å². The monoisotopic (exact) mass is 457 g/mol. The molecule has 0 N–H and O–H groups in total.